The quantitative estimate of drug-likeness (QED) is 0.750. The van der Waals surface area contributed by atoms with Gasteiger partial charge in [-0.25, -0.2) is 0 Å². The van der Waals surface area contributed by atoms with Crippen molar-refractivity contribution in [2.45, 2.75) is 19.8 Å². The number of hydrogen-bond donors (Lipinski definition) is 1. The molecule has 0 spiro atoms. The van der Waals surface area contributed by atoms with Gasteiger partial charge in [-0.05, 0) is 55.7 Å². The Morgan fingerprint density at radius 1 is 1.12 bits per heavy atom. The van der Waals surface area contributed by atoms with Gasteiger partial charge in [0.15, 0.2) is 5.82 Å². The van der Waals surface area contributed by atoms with Crippen molar-refractivity contribution in [2.24, 2.45) is 0 Å². The lowest BCUT2D eigenvalue weighted by molar-refractivity contribution is 0.340. The maximum Gasteiger partial charge on any atom is 0.249 e. The molecule has 26 heavy (non-hydrogen) atoms. The summed E-state index contributed by atoms with van der Waals surface area (Å²) in [6.07, 6.45) is 3.91. The number of fused-ring (bicyclic) bond motifs is 1. The molecule has 0 radical (unpaired) electrons. The minimum absolute atomic E-state index is 0.481. The highest BCUT2D eigenvalue weighted by Crippen LogP contribution is 2.32. The molecule has 6 nitrogen and oxygen atoms in total. The van der Waals surface area contributed by atoms with Gasteiger partial charge in [0.1, 0.15) is 5.75 Å². The molecule has 0 atom stereocenters. The van der Waals surface area contributed by atoms with E-state index in [9.17, 15) is 0 Å². The fourth-order valence-corrected chi connectivity index (χ4v) is 3.18. The van der Waals surface area contributed by atoms with Crippen molar-refractivity contribution < 1.29 is 4.74 Å². The van der Waals surface area contributed by atoms with Crippen molar-refractivity contribution in [1.29, 1.82) is 0 Å². The van der Waals surface area contributed by atoms with Crippen molar-refractivity contribution in [3.63, 3.8) is 0 Å². The summed E-state index contributed by atoms with van der Waals surface area (Å²) in [5, 5.41) is 11.5. The summed E-state index contributed by atoms with van der Waals surface area (Å²) in [6, 6.07) is 16.2. The molecule has 6 heteroatoms. The largest absolute Gasteiger partial charge is 0.494 e. The van der Waals surface area contributed by atoms with Crippen LogP contribution in [0.4, 0.5) is 23.1 Å². The van der Waals surface area contributed by atoms with Gasteiger partial charge in [-0.2, -0.15) is 10.1 Å². The van der Waals surface area contributed by atoms with Crippen LogP contribution in [0.2, 0.25) is 0 Å². The van der Waals surface area contributed by atoms with Crippen LogP contribution in [0.25, 0.3) is 0 Å². The molecule has 0 aliphatic carbocycles. The molecule has 0 saturated carbocycles. The Balaban J connectivity index is 1.56. The van der Waals surface area contributed by atoms with E-state index in [1.54, 1.807) is 6.20 Å². The second-order valence-electron chi connectivity index (χ2n) is 6.10. The van der Waals surface area contributed by atoms with Crippen LogP contribution in [0.3, 0.4) is 0 Å². The van der Waals surface area contributed by atoms with E-state index in [4.69, 9.17) is 4.74 Å². The summed E-state index contributed by atoms with van der Waals surface area (Å²) in [5.74, 6) is 2.13. The molecular weight excluding hydrogens is 326 g/mol. The highest BCUT2D eigenvalue weighted by Gasteiger charge is 2.19. The first-order valence-electron chi connectivity index (χ1n) is 8.88. The van der Waals surface area contributed by atoms with Gasteiger partial charge in [0, 0.05) is 17.9 Å². The van der Waals surface area contributed by atoms with Gasteiger partial charge in [0.25, 0.3) is 0 Å². The molecule has 132 valence electrons. The lowest BCUT2D eigenvalue weighted by Gasteiger charge is -2.30. The fourth-order valence-electron chi connectivity index (χ4n) is 3.18. The van der Waals surface area contributed by atoms with Gasteiger partial charge in [-0.1, -0.05) is 18.2 Å². The van der Waals surface area contributed by atoms with E-state index >= 15 is 0 Å². The van der Waals surface area contributed by atoms with Gasteiger partial charge in [-0.3, -0.25) is 0 Å². The van der Waals surface area contributed by atoms with Crippen LogP contribution in [0, 0.1) is 0 Å². The molecule has 3 aromatic rings. The average Bonchev–Trinajstić information content (AvgIpc) is 2.69. The number of aromatic nitrogens is 3. The number of rotatable bonds is 5. The number of nitrogens with zero attached hydrogens (tertiary/aromatic N) is 4. The molecule has 0 bridgehead atoms. The second-order valence-corrected chi connectivity index (χ2v) is 6.10. The molecule has 1 N–H and O–H groups in total. The third-order valence-electron chi connectivity index (χ3n) is 4.35. The average molecular weight is 347 g/mol. The molecule has 0 fully saturated rings. The molecule has 1 aliphatic heterocycles. The number of hydrogen-bond acceptors (Lipinski definition) is 6. The Labute approximate surface area is 152 Å². The number of benzene rings is 2. The molecule has 0 amide bonds. The highest BCUT2D eigenvalue weighted by atomic mass is 16.5. The van der Waals surface area contributed by atoms with Crippen molar-refractivity contribution in [2.75, 3.05) is 23.4 Å². The predicted octanol–water partition coefficient (Wildman–Crippen LogP) is 4.10. The minimum atomic E-state index is 0.481. The lowest BCUT2D eigenvalue weighted by Crippen LogP contribution is -2.25. The summed E-state index contributed by atoms with van der Waals surface area (Å²) >= 11 is 0. The monoisotopic (exact) mass is 347 g/mol. The lowest BCUT2D eigenvalue weighted by atomic mass is 10.0. The van der Waals surface area contributed by atoms with Gasteiger partial charge in [0.2, 0.25) is 5.95 Å². The van der Waals surface area contributed by atoms with Gasteiger partial charge >= 0.3 is 0 Å². The molecular formula is C20H21N5O. The van der Waals surface area contributed by atoms with Crippen LogP contribution < -0.4 is 15.0 Å². The highest BCUT2D eigenvalue weighted by molar-refractivity contribution is 5.66. The molecule has 2 heterocycles. The van der Waals surface area contributed by atoms with Gasteiger partial charge in [-0.15, -0.1) is 5.10 Å². The Hall–Kier alpha value is -3.15. The fraction of sp³-hybridized carbons (Fsp3) is 0.250. The van der Waals surface area contributed by atoms with E-state index in [1.165, 1.54) is 11.3 Å². The smallest absolute Gasteiger partial charge is 0.249 e. The normalized spacial score (nSPS) is 13.2. The van der Waals surface area contributed by atoms with Crippen molar-refractivity contribution >= 4 is 23.1 Å². The number of aryl methyl sites for hydroxylation is 1. The van der Waals surface area contributed by atoms with Crippen LogP contribution >= 0.6 is 0 Å². The standard InChI is InChI=1S/C20H21N5O/c1-2-26-17-11-9-16(10-12-17)22-20-23-19(14-21-24-20)25-13-5-7-15-6-3-4-8-18(15)25/h3-4,6,8-12,14H,2,5,7,13H2,1H3,(H,22,23,24). The van der Waals surface area contributed by atoms with Crippen LogP contribution in [0.15, 0.2) is 54.7 Å². The van der Waals surface area contributed by atoms with Crippen LogP contribution in [0.5, 0.6) is 5.75 Å². The van der Waals surface area contributed by atoms with Crippen molar-refractivity contribution in [3.05, 3.63) is 60.3 Å². The van der Waals surface area contributed by atoms with Crippen molar-refractivity contribution in [1.82, 2.24) is 15.2 Å². The first kappa shape index (κ1) is 16.3. The number of nitrogens with one attached hydrogen (secondary N) is 1. The van der Waals surface area contributed by atoms with E-state index in [1.807, 2.05) is 31.2 Å². The maximum atomic E-state index is 5.46. The molecule has 2 aromatic carbocycles. The Bertz CT molecular complexity index is 881. The Morgan fingerprint density at radius 2 is 1.96 bits per heavy atom. The molecule has 1 aromatic heterocycles. The maximum absolute atomic E-state index is 5.46. The Kier molecular flexibility index (Phi) is 4.64. The first-order valence-corrected chi connectivity index (χ1v) is 8.88. The van der Waals surface area contributed by atoms with Crippen LogP contribution in [0.1, 0.15) is 18.9 Å². The zero-order valence-corrected chi connectivity index (χ0v) is 14.7. The Morgan fingerprint density at radius 3 is 2.81 bits per heavy atom. The SMILES string of the molecule is CCOc1ccc(Nc2nncc(N3CCCc4ccccc43)n2)cc1. The number of para-hydroxylation sites is 1. The van der Waals surface area contributed by atoms with Crippen LogP contribution in [-0.4, -0.2) is 28.3 Å². The zero-order chi connectivity index (χ0) is 17.8. The van der Waals surface area contributed by atoms with E-state index in [-0.39, 0.29) is 0 Å². The summed E-state index contributed by atoms with van der Waals surface area (Å²) in [5.41, 5.74) is 3.44. The number of anilines is 4. The summed E-state index contributed by atoms with van der Waals surface area (Å²) in [4.78, 5) is 6.86. The summed E-state index contributed by atoms with van der Waals surface area (Å²) in [6.45, 7) is 3.55. The van der Waals surface area contributed by atoms with Gasteiger partial charge in [0.05, 0.1) is 12.8 Å². The minimum Gasteiger partial charge on any atom is -0.494 e. The summed E-state index contributed by atoms with van der Waals surface area (Å²) < 4.78 is 5.46. The van der Waals surface area contributed by atoms with E-state index in [0.717, 1.165) is 36.6 Å². The third kappa shape index (κ3) is 3.44. The molecule has 1 aliphatic rings. The first-order chi connectivity index (χ1) is 12.8. The third-order valence-corrected chi connectivity index (χ3v) is 4.35. The van der Waals surface area contributed by atoms with Crippen molar-refractivity contribution in [3.8, 4) is 5.75 Å². The van der Waals surface area contributed by atoms with E-state index in [2.05, 4.69) is 49.7 Å². The van der Waals surface area contributed by atoms with E-state index < -0.39 is 0 Å². The zero-order valence-electron chi connectivity index (χ0n) is 14.7. The molecule has 0 saturated heterocycles. The molecule has 0 unspecified atom stereocenters. The second kappa shape index (κ2) is 7.39. The van der Waals surface area contributed by atoms with Crippen LogP contribution in [-0.2, 0) is 6.42 Å². The predicted molar refractivity (Wildman–Crippen MR) is 102 cm³/mol. The topological polar surface area (TPSA) is 63.2 Å². The summed E-state index contributed by atoms with van der Waals surface area (Å²) in [7, 11) is 0. The molecule has 4 rings (SSSR count). The van der Waals surface area contributed by atoms with E-state index in [0.29, 0.717) is 12.6 Å². The van der Waals surface area contributed by atoms with Gasteiger partial charge < -0.3 is 15.0 Å². The number of ether oxygens (including phenoxy) is 1.